The third-order valence-electron chi connectivity index (χ3n) is 2.54. The van der Waals surface area contributed by atoms with Crippen molar-refractivity contribution in [1.82, 2.24) is 5.32 Å². The molecule has 1 atom stereocenters. The Labute approximate surface area is 126 Å². The highest BCUT2D eigenvalue weighted by molar-refractivity contribution is 9.10. The Balaban J connectivity index is 2.34. The van der Waals surface area contributed by atoms with Crippen molar-refractivity contribution in [3.8, 4) is 0 Å². The summed E-state index contributed by atoms with van der Waals surface area (Å²) in [4.78, 5) is 22.8. The molecule has 0 aliphatic heterocycles. The van der Waals surface area contributed by atoms with Crippen LogP contribution in [0.4, 0.5) is 0 Å². The van der Waals surface area contributed by atoms with Crippen molar-refractivity contribution in [3.63, 3.8) is 0 Å². The van der Waals surface area contributed by atoms with Crippen LogP contribution in [-0.2, 0) is 19.1 Å². The third-order valence-corrected chi connectivity index (χ3v) is 3.06. The number of rotatable bonds is 7. The molecule has 1 amide bonds. The first kappa shape index (κ1) is 16.7. The van der Waals surface area contributed by atoms with Crippen LogP contribution in [-0.4, -0.2) is 31.7 Å². The SMILES string of the molecule is CCOCC(=O)OCC(=O)N[C@H](C)c1ccc(Br)cc1. The number of esters is 1. The highest BCUT2D eigenvalue weighted by Crippen LogP contribution is 2.16. The highest BCUT2D eigenvalue weighted by atomic mass is 79.9. The average molecular weight is 344 g/mol. The minimum atomic E-state index is -0.543. The summed E-state index contributed by atoms with van der Waals surface area (Å²) in [5, 5.41) is 2.75. The maximum atomic E-state index is 11.6. The van der Waals surface area contributed by atoms with E-state index in [0.717, 1.165) is 10.0 Å². The molecule has 110 valence electrons. The number of carbonyl (C=O) groups excluding carboxylic acids is 2. The van der Waals surface area contributed by atoms with E-state index < -0.39 is 5.97 Å². The number of carbonyl (C=O) groups is 2. The lowest BCUT2D eigenvalue weighted by molar-refractivity contribution is -0.152. The lowest BCUT2D eigenvalue weighted by Crippen LogP contribution is -2.31. The minimum absolute atomic E-state index is 0.133. The summed E-state index contributed by atoms with van der Waals surface area (Å²) in [5.41, 5.74) is 0.974. The number of halogens is 1. The molecule has 1 rings (SSSR count). The van der Waals surface area contributed by atoms with E-state index in [4.69, 9.17) is 9.47 Å². The summed E-state index contributed by atoms with van der Waals surface area (Å²) in [5.74, 6) is -0.886. The van der Waals surface area contributed by atoms with E-state index >= 15 is 0 Å². The molecule has 5 nitrogen and oxygen atoms in total. The molecular formula is C14H18BrNO4. The number of benzene rings is 1. The summed E-state index contributed by atoms with van der Waals surface area (Å²) in [6, 6.07) is 7.48. The normalized spacial score (nSPS) is 11.8. The number of hydrogen-bond acceptors (Lipinski definition) is 4. The van der Waals surface area contributed by atoms with Gasteiger partial charge in [-0.1, -0.05) is 28.1 Å². The van der Waals surface area contributed by atoms with Gasteiger partial charge in [-0.3, -0.25) is 4.79 Å². The van der Waals surface area contributed by atoms with Crippen molar-refractivity contribution in [2.75, 3.05) is 19.8 Å². The van der Waals surface area contributed by atoms with Gasteiger partial charge < -0.3 is 14.8 Å². The fraction of sp³-hybridized carbons (Fsp3) is 0.429. The molecule has 0 heterocycles. The molecule has 1 aromatic rings. The van der Waals surface area contributed by atoms with Crippen LogP contribution in [0, 0.1) is 0 Å². The van der Waals surface area contributed by atoms with Gasteiger partial charge in [-0.2, -0.15) is 0 Å². The number of hydrogen-bond donors (Lipinski definition) is 1. The molecule has 0 aromatic heterocycles. The molecule has 0 saturated heterocycles. The molecule has 0 aliphatic carbocycles. The number of amides is 1. The first-order valence-electron chi connectivity index (χ1n) is 6.31. The van der Waals surface area contributed by atoms with Crippen LogP contribution in [0.3, 0.4) is 0 Å². The van der Waals surface area contributed by atoms with Gasteiger partial charge in [0, 0.05) is 11.1 Å². The molecule has 0 unspecified atom stereocenters. The molecule has 0 bridgehead atoms. The summed E-state index contributed by atoms with van der Waals surface area (Å²) in [7, 11) is 0. The predicted molar refractivity (Wildman–Crippen MR) is 78.2 cm³/mol. The van der Waals surface area contributed by atoms with Crippen LogP contribution >= 0.6 is 15.9 Å². The van der Waals surface area contributed by atoms with Crippen molar-refractivity contribution in [2.24, 2.45) is 0 Å². The third kappa shape index (κ3) is 6.16. The van der Waals surface area contributed by atoms with E-state index in [2.05, 4.69) is 21.2 Å². The van der Waals surface area contributed by atoms with Gasteiger partial charge in [0.1, 0.15) is 6.61 Å². The second kappa shape index (κ2) is 8.71. The molecule has 0 spiro atoms. The van der Waals surface area contributed by atoms with Gasteiger partial charge in [0.05, 0.1) is 6.04 Å². The van der Waals surface area contributed by atoms with Gasteiger partial charge in [-0.05, 0) is 31.5 Å². The Hall–Kier alpha value is -1.40. The van der Waals surface area contributed by atoms with E-state index in [9.17, 15) is 9.59 Å². The monoisotopic (exact) mass is 343 g/mol. The highest BCUT2D eigenvalue weighted by Gasteiger charge is 2.11. The Bertz CT molecular complexity index is 447. The quantitative estimate of drug-likeness (QED) is 0.771. The molecule has 0 radical (unpaired) electrons. The van der Waals surface area contributed by atoms with Crippen LogP contribution in [0.25, 0.3) is 0 Å². The summed E-state index contributed by atoms with van der Waals surface area (Å²) >= 11 is 3.35. The van der Waals surface area contributed by atoms with Gasteiger partial charge >= 0.3 is 5.97 Å². The summed E-state index contributed by atoms with van der Waals surface area (Å²) in [6.45, 7) is 3.64. The molecular weight excluding hydrogens is 326 g/mol. The van der Waals surface area contributed by atoms with E-state index in [1.54, 1.807) is 6.92 Å². The Morgan fingerprint density at radius 1 is 1.25 bits per heavy atom. The van der Waals surface area contributed by atoms with E-state index in [1.165, 1.54) is 0 Å². The van der Waals surface area contributed by atoms with E-state index in [0.29, 0.717) is 6.61 Å². The van der Waals surface area contributed by atoms with Gasteiger partial charge in [0.15, 0.2) is 6.61 Å². The zero-order valence-electron chi connectivity index (χ0n) is 11.5. The van der Waals surface area contributed by atoms with E-state index in [1.807, 2.05) is 31.2 Å². The topological polar surface area (TPSA) is 64.6 Å². The van der Waals surface area contributed by atoms with Gasteiger partial charge in [-0.15, -0.1) is 0 Å². The first-order valence-corrected chi connectivity index (χ1v) is 7.10. The Morgan fingerprint density at radius 3 is 2.50 bits per heavy atom. The maximum Gasteiger partial charge on any atom is 0.332 e. The van der Waals surface area contributed by atoms with Gasteiger partial charge in [0.25, 0.3) is 5.91 Å². The summed E-state index contributed by atoms with van der Waals surface area (Å²) < 4.78 is 10.6. The fourth-order valence-corrected chi connectivity index (χ4v) is 1.76. The van der Waals surface area contributed by atoms with E-state index in [-0.39, 0.29) is 25.2 Å². The minimum Gasteiger partial charge on any atom is -0.454 e. The van der Waals surface area contributed by atoms with Crippen molar-refractivity contribution in [1.29, 1.82) is 0 Å². The number of ether oxygens (including phenoxy) is 2. The standard InChI is InChI=1S/C14H18BrNO4/c1-3-19-9-14(18)20-8-13(17)16-10(2)11-4-6-12(15)7-5-11/h4-7,10H,3,8-9H2,1-2H3,(H,16,17)/t10-/m1/s1. The molecule has 1 aromatic carbocycles. The predicted octanol–water partition coefficient (Wildman–Crippen LogP) is 2.21. The van der Waals surface area contributed by atoms with Crippen LogP contribution in [0.15, 0.2) is 28.7 Å². The van der Waals surface area contributed by atoms with Crippen molar-refractivity contribution in [3.05, 3.63) is 34.3 Å². The first-order chi connectivity index (χ1) is 9.52. The van der Waals surface area contributed by atoms with Crippen LogP contribution in [0.1, 0.15) is 25.5 Å². The largest absolute Gasteiger partial charge is 0.454 e. The van der Waals surface area contributed by atoms with Crippen molar-refractivity contribution < 1.29 is 19.1 Å². The van der Waals surface area contributed by atoms with Gasteiger partial charge in [-0.25, -0.2) is 4.79 Å². The van der Waals surface area contributed by atoms with Crippen LogP contribution < -0.4 is 5.32 Å². The molecule has 1 N–H and O–H groups in total. The second-order valence-corrected chi connectivity index (χ2v) is 5.05. The zero-order chi connectivity index (χ0) is 15.0. The molecule has 0 saturated carbocycles. The average Bonchev–Trinajstić information content (AvgIpc) is 2.43. The van der Waals surface area contributed by atoms with Crippen molar-refractivity contribution >= 4 is 27.8 Å². The molecule has 20 heavy (non-hydrogen) atoms. The lowest BCUT2D eigenvalue weighted by Gasteiger charge is -2.14. The Kier molecular flexibility index (Phi) is 7.25. The maximum absolute atomic E-state index is 11.6. The summed E-state index contributed by atoms with van der Waals surface area (Å²) in [6.07, 6.45) is 0. The number of nitrogens with one attached hydrogen (secondary N) is 1. The molecule has 0 aliphatic rings. The van der Waals surface area contributed by atoms with Gasteiger partial charge in [0.2, 0.25) is 0 Å². The smallest absolute Gasteiger partial charge is 0.332 e. The second-order valence-electron chi connectivity index (χ2n) is 4.14. The zero-order valence-corrected chi connectivity index (χ0v) is 13.1. The van der Waals surface area contributed by atoms with Crippen LogP contribution in [0.2, 0.25) is 0 Å². The van der Waals surface area contributed by atoms with Crippen molar-refractivity contribution in [2.45, 2.75) is 19.9 Å². The molecule has 6 heteroatoms. The molecule has 0 fully saturated rings. The van der Waals surface area contributed by atoms with Crippen LogP contribution in [0.5, 0.6) is 0 Å². The Morgan fingerprint density at radius 2 is 1.90 bits per heavy atom. The fourth-order valence-electron chi connectivity index (χ4n) is 1.49. The lowest BCUT2D eigenvalue weighted by atomic mass is 10.1.